The van der Waals surface area contributed by atoms with Crippen molar-refractivity contribution in [1.29, 1.82) is 0 Å². The van der Waals surface area contributed by atoms with E-state index >= 15 is 0 Å². The minimum Gasteiger partial charge on any atom is -0.497 e. The lowest BCUT2D eigenvalue weighted by Gasteiger charge is -2.29. The summed E-state index contributed by atoms with van der Waals surface area (Å²) in [5.41, 5.74) is 1.89. The van der Waals surface area contributed by atoms with Gasteiger partial charge in [0.25, 0.3) is 0 Å². The summed E-state index contributed by atoms with van der Waals surface area (Å²) in [5, 5.41) is 6.10. The van der Waals surface area contributed by atoms with Crippen molar-refractivity contribution in [1.82, 2.24) is 10.3 Å². The van der Waals surface area contributed by atoms with Crippen LogP contribution in [0.15, 0.2) is 29.6 Å². The van der Waals surface area contributed by atoms with E-state index < -0.39 is 0 Å². The minimum atomic E-state index is 0.0836. The van der Waals surface area contributed by atoms with Crippen LogP contribution in [-0.4, -0.2) is 24.0 Å². The van der Waals surface area contributed by atoms with Crippen LogP contribution in [0.2, 0.25) is 0 Å². The molecule has 1 aromatic carbocycles. The molecule has 0 aliphatic heterocycles. The monoisotopic (exact) mass is 344 g/mol. The number of carbonyl (C=O) groups excluding carboxylic acids is 1. The lowest BCUT2D eigenvalue weighted by Crippen LogP contribution is -2.41. The number of benzene rings is 1. The Kier molecular flexibility index (Phi) is 5.51. The minimum absolute atomic E-state index is 0.0836. The normalized spacial score (nSPS) is 20.6. The molecule has 5 heteroatoms. The largest absolute Gasteiger partial charge is 0.497 e. The van der Waals surface area contributed by atoms with Crippen molar-refractivity contribution in [3.63, 3.8) is 0 Å². The van der Waals surface area contributed by atoms with Gasteiger partial charge in [0.1, 0.15) is 10.8 Å². The molecule has 0 bridgehead atoms. The van der Waals surface area contributed by atoms with E-state index in [-0.39, 0.29) is 5.91 Å². The summed E-state index contributed by atoms with van der Waals surface area (Å²) in [6.45, 7) is 2.23. The van der Waals surface area contributed by atoms with Gasteiger partial charge in [0.15, 0.2) is 0 Å². The number of thiazole rings is 1. The number of nitrogens with zero attached hydrogens (tertiary/aromatic N) is 1. The van der Waals surface area contributed by atoms with Crippen LogP contribution in [0.25, 0.3) is 10.6 Å². The summed E-state index contributed by atoms with van der Waals surface area (Å²) in [7, 11) is 1.66. The van der Waals surface area contributed by atoms with E-state index in [1.165, 1.54) is 19.3 Å². The molecule has 1 fully saturated rings. The van der Waals surface area contributed by atoms with E-state index in [0.717, 1.165) is 28.4 Å². The molecule has 4 nitrogen and oxygen atoms in total. The molecule has 0 spiro atoms. The third-order valence-corrected chi connectivity index (χ3v) is 5.63. The average Bonchev–Trinajstić information content (AvgIpc) is 3.05. The van der Waals surface area contributed by atoms with Gasteiger partial charge in [-0.2, -0.15) is 0 Å². The second-order valence-electron chi connectivity index (χ2n) is 6.49. The Bertz CT molecular complexity index is 681. The van der Waals surface area contributed by atoms with Crippen LogP contribution < -0.4 is 10.1 Å². The van der Waals surface area contributed by atoms with Crippen LogP contribution in [0.5, 0.6) is 5.75 Å². The summed E-state index contributed by atoms with van der Waals surface area (Å²) in [6, 6.07) is 8.16. The summed E-state index contributed by atoms with van der Waals surface area (Å²) < 4.78 is 5.17. The predicted molar refractivity (Wildman–Crippen MR) is 97.4 cm³/mol. The van der Waals surface area contributed by atoms with Gasteiger partial charge in [-0.05, 0) is 43.0 Å². The molecular formula is C19H24N2O2S. The van der Waals surface area contributed by atoms with Crippen LogP contribution >= 0.6 is 11.3 Å². The molecule has 1 amide bonds. The Morgan fingerprint density at radius 2 is 2.04 bits per heavy atom. The summed E-state index contributed by atoms with van der Waals surface area (Å²) in [5.74, 6) is 1.49. The quantitative estimate of drug-likeness (QED) is 0.890. The zero-order valence-electron chi connectivity index (χ0n) is 14.2. The molecule has 0 radical (unpaired) electrons. The van der Waals surface area contributed by atoms with Crippen molar-refractivity contribution >= 4 is 17.2 Å². The molecular weight excluding hydrogens is 320 g/mol. The Morgan fingerprint density at radius 1 is 1.29 bits per heavy atom. The van der Waals surface area contributed by atoms with Crippen molar-refractivity contribution < 1.29 is 9.53 Å². The summed E-state index contributed by atoms with van der Waals surface area (Å²) in [4.78, 5) is 16.9. The fourth-order valence-electron chi connectivity index (χ4n) is 3.21. The third-order valence-electron chi connectivity index (χ3n) is 4.69. The molecule has 1 aliphatic carbocycles. The lowest BCUT2D eigenvalue weighted by atomic mass is 9.86. The molecule has 24 heavy (non-hydrogen) atoms. The first-order valence-corrected chi connectivity index (χ1v) is 9.42. The van der Waals surface area contributed by atoms with E-state index in [2.05, 4.69) is 17.2 Å². The maximum atomic E-state index is 12.3. The fraction of sp³-hybridized carbons (Fsp3) is 0.474. The number of methoxy groups -OCH3 is 1. The van der Waals surface area contributed by atoms with Crippen LogP contribution in [0, 0.1) is 5.92 Å². The van der Waals surface area contributed by atoms with E-state index in [9.17, 15) is 4.79 Å². The maximum absolute atomic E-state index is 12.3. The van der Waals surface area contributed by atoms with Crippen molar-refractivity contribution in [2.45, 2.75) is 45.1 Å². The molecule has 2 atom stereocenters. The average molecular weight is 344 g/mol. The first-order chi connectivity index (χ1) is 11.7. The Morgan fingerprint density at radius 3 is 2.75 bits per heavy atom. The second kappa shape index (κ2) is 7.79. The van der Waals surface area contributed by atoms with Crippen LogP contribution in [0.4, 0.5) is 0 Å². The smallest absolute Gasteiger partial charge is 0.226 e. The number of rotatable bonds is 5. The molecule has 1 N–H and O–H groups in total. The number of nitrogens with one attached hydrogen (secondary N) is 1. The van der Waals surface area contributed by atoms with Crippen molar-refractivity contribution in [2.75, 3.05) is 7.11 Å². The highest BCUT2D eigenvalue weighted by Crippen LogP contribution is 2.26. The van der Waals surface area contributed by atoms with Gasteiger partial charge in [-0.1, -0.05) is 19.8 Å². The topological polar surface area (TPSA) is 51.2 Å². The zero-order valence-corrected chi connectivity index (χ0v) is 15.1. The predicted octanol–water partition coefficient (Wildman–Crippen LogP) is 4.06. The zero-order chi connectivity index (χ0) is 16.9. The number of carbonyl (C=O) groups is 1. The van der Waals surface area contributed by atoms with E-state index in [4.69, 9.17) is 4.74 Å². The number of amides is 1. The lowest BCUT2D eigenvalue weighted by molar-refractivity contribution is -0.121. The van der Waals surface area contributed by atoms with E-state index in [0.29, 0.717) is 18.4 Å². The SMILES string of the molecule is COc1ccc(-c2nc(CC(=O)NC3CCCCC3C)cs2)cc1. The molecule has 1 aliphatic rings. The molecule has 128 valence electrons. The van der Waals surface area contributed by atoms with Gasteiger partial charge in [-0.25, -0.2) is 4.98 Å². The van der Waals surface area contributed by atoms with Crippen molar-refractivity contribution in [3.05, 3.63) is 35.3 Å². The van der Waals surface area contributed by atoms with Gasteiger partial charge in [0.2, 0.25) is 5.91 Å². The number of hydrogen-bond donors (Lipinski definition) is 1. The Labute approximate surface area is 147 Å². The van der Waals surface area contributed by atoms with Gasteiger partial charge < -0.3 is 10.1 Å². The molecule has 3 rings (SSSR count). The molecule has 2 unspecified atom stereocenters. The van der Waals surface area contributed by atoms with Crippen LogP contribution in [-0.2, 0) is 11.2 Å². The second-order valence-corrected chi connectivity index (χ2v) is 7.34. The Hall–Kier alpha value is -1.88. The van der Waals surface area contributed by atoms with Gasteiger partial charge in [0.05, 0.1) is 19.2 Å². The highest BCUT2D eigenvalue weighted by molar-refractivity contribution is 7.13. The number of aromatic nitrogens is 1. The molecule has 0 saturated heterocycles. The molecule has 2 aromatic rings. The molecule has 1 heterocycles. The standard InChI is InChI=1S/C19H24N2O2S/c1-13-5-3-4-6-17(13)21-18(22)11-15-12-24-19(20-15)14-7-9-16(23-2)10-8-14/h7-10,12-13,17H,3-6,11H2,1-2H3,(H,21,22). The number of ether oxygens (including phenoxy) is 1. The van der Waals surface area contributed by atoms with E-state index in [1.807, 2.05) is 29.6 Å². The Balaban J connectivity index is 1.59. The van der Waals surface area contributed by atoms with Crippen LogP contribution in [0.3, 0.4) is 0 Å². The summed E-state index contributed by atoms with van der Waals surface area (Å²) in [6.07, 6.45) is 5.17. The van der Waals surface area contributed by atoms with Gasteiger partial charge in [0, 0.05) is 17.0 Å². The summed E-state index contributed by atoms with van der Waals surface area (Å²) >= 11 is 1.57. The highest BCUT2D eigenvalue weighted by Gasteiger charge is 2.23. The molecule has 1 saturated carbocycles. The van der Waals surface area contributed by atoms with E-state index in [1.54, 1.807) is 18.4 Å². The maximum Gasteiger partial charge on any atom is 0.226 e. The number of hydrogen-bond acceptors (Lipinski definition) is 4. The van der Waals surface area contributed by atoms with Crippen molar-refractivity contribution in [2.24, 2.45) is 5.92 Å². The van der Waals surface area contributed by atoms with Gasteiger partial charge in [-0.15, -0.1) is 11.3 Å². The first kappa shape index (κ1) is 17.0. The molecule has 1 aromatic heterocycles. The van der Waals surface area contributed by atoms with Gasteiger partial charge in [-0.3, -0.25) is 4.79 Å². The van der Waals surface area contributed by atoms with Gasteiger partial charge >= 0.3 is 0 Å². The fourth-order valence-corrected chi connectivity index (χ4v) is 4.03. The highest BCUT2D eigenvalue weighted by atomic mass is 32.1. The third kappa shape index (κ3) is 4.15. The van der Waals surface area contributed by atoms with Crippen LogP contribution in [0.1, 0.15) is 38.3 Å². The first-order valence-electron chi connectivity index (χ1n) is 8.54. The van der Waals surface area contributed by atoms with Crippen molar-refractivity contribution in [3.8, 4) is 16.3 Å².